The van der Waals surface area contributed by atoms with Crippen molar-refractivity contribution in [3.05, 3.63) is 18.7 Å². The number of carboxylic acid groups (broad SMARTS) is 1. The average Bonchev–Trinajstić information content (AvgIpc) is 2.90. The molecule has 7 nitrogen and oxygen atoms in total. The molecule has 0 fully saturated rings. The Bertz CT molecular complexity index is 431. The minimum Gasteiger partial charge on any atom is -0.481 e. The Hall–Kier alpha value is -2.05. The molecule has 0 aliphatic heterocycles. The normalized spacial score (nSPS) is 10.6. The third-order valence-electron chi connectivity index (χ3n) is 3.13. The van der Waals surface area contributed by atoms with Gasteiger partial charge in [0.1, 0.15) is 0 Å². The molecule has 0 bridgehead atoms. The molecule has 0 aromatic carbocycles. The number of hydrogen-bond acceptors (Lipinski definition) is 3. The maximum absolute atomic E-state index is 12.0. The van der Waals surface area contributed by atoms with Gasteiger partial charge in [-0.2, -0.15) is 0 Å². The fourth-order valence-electron chi connectivity index (χ4n) is 1.95. The van der Waals surface area contributed by atoms with Crippen molar-refractivity contribution < 1.29 is 14.7 Å². The van der Waals surface area contributed by atoms with Crippen molar-refractivity contribution >= 4 is 12.0 Å². The highest BCUT2D eigenvalue weighted by Gasteiger charge is 2.17. The lowest BCUT2D eigenvalue weighted by molar-refractivity contribution is -0.137. The minimum atomic E-state index is -0.895. The first kappa shape index (κ1) is 17.0. The SMILES string of the molecule is CC(C)N(CCC(=O)O)C(=O)NCCCCn1ccnc1. The Morgan fingerprint density at radius 1 is 1.38 bits per heavy atom. The zero-order chi connectivity index (χ0) is 15.7. The van der Waals surface area contributed by atoms with E-state index in [1.807, 2.05) is 24.6 Å². The average molecular weight is 296 g/mol. The van der Waals surface area contributed by atoms with Crippen molar-refractivity contribution in [3.63, 3.8) is 0 Å². The van der Waals surface area contributed by atoms with Gasteiger partial charge in [-0.25, -0.2) is 9.78 Å². The fourth-order valence-corrected chi connectivity index (χ4v) is 1.95. The van der Waals surface area contributed by atoms with Crippen LogP contribution >= 0.6 is 0 Å². The number of imidazole rings is 1. The summed E-state index contributed by atoms with van der Waals surface area (Å²) >= 11 is 0. The van der Waals surface area contributed by atoms with E-state index >= 15 is 0 Å². The van der Waals surface area contributed by atoms with Crippen molar-refractivity contribution in [2.45, 2.75) is 45.7 Å². The van der Waals surface area contributed by atoms with Crippen LogP contribution in [0.15, 0.2) is 18.7 Å². The summed E-state index contributed by atoms with van der Waals surface area (Å²) in [5.74, 6) is -0.895. The van der Waals surface area contributed by atoms with E-state index in [9.17, 15) is 9.59 Å². The number of hydrogen-bond donors (Lipinski definition) is 2. The molecule has 0 aliphatic carbocycles. The van der Waals surface area contributed by atoms with Crippen molar-refractivity contribution in [1.82, 2.24) is 19.8 Å². The summed E-state index contributed by atoms with van der Waals surface area (Å²) in [6.45, 7) is 5.45. The third-order valence-corrected chi connectivity index (χ3v) is 3.13. The van der Waals surface area contributed by atoms with Gasteiger partial charge >= 0.3 is 12.0 Å². The Balaban J connectivity index is 2.21. The quantitative estimate of drug-likeness (QED) is 0.677. The third kappa shape index (κ3) is 6.78. The highest BCUT2D eigenvalue weighted by atomic mass is 16.4. The predicted molar refractivity (Wildman–Crippen MR) is 79.0 cm³/mol. The van der Waals surface area contributed by atoms with E-state index in [-0.39, 0.29) is 25.0 Å². The number of aliphatic carboxylic acids is 1. The lowest BCUT2D eigenvalue weighted by atomic mass is 10.3. The number of carbonyl (C=O) groups is 2. The molecule has 1 aromatic heterocycles. The van der Waals surface area contributed by atoms with Crippen LogP contribution < -0.4 is 5.32 Å². The number of amides is 2. The molecule has 118 valence electrons. The van der Waals surface area contributed by atoms with Crippen LogP contribution in [-0.4, -0.2) is 50.7 Å². The molecule has 1 aromatic rings. The molecule has 0 spiro atoms. The number of nitrogens with one attached hydrogen (secondary N) is 1. The van der Waals surface area contributed by atoms with Crippen LogP contribution in [0.2, 0.25) is 0 Å². The predicted octanol–water partition coefficient (Wildman–Crippen LogP) is 1.56. The summed E-state index contributed by atoms with van der Waals surface area (Å²) in [6, 6.07) is -0.218. The van der Waals surface area contributed by atoms with Gasteiger partial charge in [-0.05, 0) is 26.7 Å². The van der Waals surface area contributed by atoms with Crippen LogP contribution in [0.25, 0.3) is 0 Å². The molecule has 0 saturated carbocycles. The lowest BCUT2D eigenvalue weighted by Gasteiger charge is -2.26. The highest BCUT2D eigenvalue weighted by Crippen LogP contribution is 2.01. The number of aromatic nitrogens is 2. The maximum Gasteiger partial charge on any atom is 0.317 e. The lowest BCUT2D eigenvalue weighted by Crippen LogP contribution is -2.45. The van der Waals surface area contributed by atoms with E-state index < -0.39 is 5.97 Å². The number of carbonyl (C=O) groups excluding carboxylic acids is 1. The van der Waals surface area contributed by atoms with Gasteiger partial charge in [0.15, 0.2) is 0 Å². The largest absolute Gasteiger partial charge is 0.481 e. The summed E-state index contributed by atoms with van der Waals surface area (Å²) in [5.41, 5.74) is 0. The molecule has 0 saturated heterocycles. The molecule has 1 rings (SSSR count). The van der Waals surface area contributed by atoms with E-state index in [4.69, 9.17) is 5.11 Å². The second-order valence-corrected chi connectivity index (χ2v) is 5.17. The summed E-state index contributed by atoms with van der Waals surface area (Å²) < 4.78 is 2.00. The molecule has 7 heteroatoms. The molecular weight excluding hydrogens is 272 g/mol. The van der Waals surface area contributed by atoms with Crippen LogP contribution in [0.5, 0.6) is 0 Å². The molecule has 2 N–H and O–H groups in total. The summed E-state index contributed by atoms with van der Waals surface area (Å²) in [5, 5.41) is 11.5. The van der Waals surface area contributed by atoms with Crippen molar-refractivity contribution in [1.29, 1.82) is 0 Å². The topological polar surface area (TPSA) is 87.5 Å². The smallest absolute Gasteiger partial charge is 0.317 e. The van der Waals surface area contributed by atoms with E-state index in [2.05, 4.69) is 10.3 Å². The molecule has 2 amide bonds. The van der Waals surface area contributed by atoms with Gasteiger partial charge in [-0.3, -0.25) is 4.79 Å². The Labute approximate surface area is 125 Å². The number of rotatable bonds is 9. The zero-order valence-corrected chi connectivity index (χ0v) is 12.7. The zero-order valence-electron chi connectivity index (χ0n) is 12.7. The maximum atomic E-state index is 12.0. The van der Waals surface area contributed by atoms with Gasteiger partial charge in [-0.15, -0.1) is 0 Å². The van der Waals surface area contributed by atoms with Crippen molar-refractivity contribution in [3.8, 4) is 0 Å². The Morgan fingerprint density at radius 2 is 2.14 bits per heavy atom. The first-order chi connectivity index (χ1) is 10.0. The standard InChI is InChI=1S/C14H24N4O3/c1-12(2)18(9-5-13(19)20)14(21)16-6-3-4-8-17-10-7-15-11-17/h7,10-12H,3-6,8-9H2,1-2H3,(H,16,21)(H,19,20). The van der Waals surface area contributed by atoms with E-state index in [0.717, 1.165) is 19.4 Å². The first-order valence-electron chi connectivity index (χ1n) is 7.22. The van der Waals surface area contributed by atoms with E-state index in [1.165, 1.54) is 0 Å². The van der Waals surface area contributed by atoms with E-state index in [0.29, 0.717) is 6.54 Å². The van der Waals surface area contributed by atoms with Crippen LogP contribution in [0.3, 0.4) is 0 Å². The number of aryl methyl sites for hydroxylation is 1. The van der Waals surface area contributed by atoms with Crippen LogP contribution in [0, 0.1) is 0 Å². The van der Waals surface area contributed by atoms with Gasteiger partial charge in [0, 0.05) is 38.1 Å². The first-order valence-corrected chi connectivity index (χ1v) is 7.22. The molecule has 21 heavy (non-hydrogen) atoms. The fraction of sp³-hybridized carbons (Fsp3) is 0.643. The summed E-state index contributed by atoms with van der Waals surface area (Å²) in [7, 11) is 0. The van der Waals surface area contributed by atoms with Gasteiger partial charge in [0.05, 0.1) is 12.7 Å². The van der Waals surface area contributed by atoms with Crippen LogP contribution in [0.4, 0.5) is 4.79 Å². The Kier molecular flexibility index (Phi) is 7.28. The summed E-state index contributed by atoms with van der Waals surface area (Å²) in [6.07, 6.45) is 7.20. The molecule has 0 radical (unpaired) electrons. The second-order valence-electron chi connectivity index (χ2n) is 5.17. The molecule has 1 heterocycles. The van der Waals surface area contributed by atoms with Gasteiger partial charge in [0.2, 0.25) is 0 Å². The molecular formula is C14H24N4O3. The van der Waals surface area contributed by atoms with Crippen molar-refractivity contribution in [2.75, 3.05) is 13.1 Å². The van der Waals surface area contributed by atoms with Gasteiger partial charge in [-0.1, -0.05) is 0 Å². The van der Waals surface area contributed by atoms with Crippen molar-refractivity contribution in [2.24, 2.45) is 0 Å². The van der Waals surface area contributed by atoms with Crippen LogP contribution in [0.1, 0.15) is 33.1 Å². The van der Waals surface area contributed by atoms with Gasteiger partial charge < -0.3 is 19.9 Å². The summed E-state index contributed by atoms with van der Waals surface area (Å²) in [4.78, 5) is 28.1. The molecule has 0 aliphatic rings. The molecule has 0 atom stereocenters. The second kappa shape index (κ2) is 8.99. The number of unbranched alkanes of at least 4 members (excludes halogenated alkanes) is 1. The van der Waals surface area contributed by atoms with Crippen LogP contribution in [-0.2, 0) is 11.3 Å². The number of carboxylic acids is 1. The van der Waals surface area contributed by atoms with Gasteiger partial charge in [0.25, 0.3) is 0 Å². The highest BCUT2D eigenvalue weighted by molar-refractivity contribution is 5.75. The number of nitrogens with zero attached hydrogens (tertiary/aromatic N) is 3. The Morgan fingerprint density at radius 3 is 2.71 bits per heavy atom. The monoisotopic (exact) mass is 296 g/mol. The number of urea groups is 1. The minimum absolute atomic E-state index is 0.0182. The molecule has 0 unspecified atom stereocenters. The van der Waals surface area contributed by atoms with E-state index in [1.54, 1.807) is 17.4 Å².